The van der Waals surface area contributed by atoms with Crippen LogP contribution >= 0.6 is 12.6 Å². The van der Waals surface area contributed by atoms with Crippen molar-refractivity contribution >= 4 is 18.4 Å². The lowest BCUT2D eigenvalue weighted by atomic mass is 9.89. The Morgan fingerprint density at radius 1 is 1.33 bits per heavy atom. The predicted octanol–water partition coefficient (Wildman–Crippen LogP) is 2.08. The molecule has 1 radical (unpaired) electrons. The zero-order valence-electron chi connectivity index (χ0n) is 6.36. The van der Waals surface area contributed by atoms with Gasteiger partial charge in [-0.25, -0.2) is 0 Å². The van der Waals surface area contributed by atoms with Crippen LogP contribution in [0.5, 0.6) is 0 Å². The van der Waals surface area contributed by atoms with Gasteiger partial charge in [0.1, 0.15) is 0 Å². The monoisotopic (exact) mass is 145 g/mol. The van der Waals surface area contributed by atoms with E-state index in [1.54, 1.807) is 6.92 Å². The zero-order chi connectivity index (χ0) is 7.65. The van der Waals surface area contributed by atoms with Crippen molar-refractivity contribution in [2.45, 2.75) is 27.7 Å². The van der Waals surface area contributed by atoms with E-state index >= 15 is 0 Å². The van der Waals surface area contributed by atoms with Gasteiger partial charge in [-0.15, -0.1) is 0 Å². The minimum Gasteiger partial charge on any atom is -0.297 e. The first kappa shape index (κ1) is 9.02. The molecule has 0 saturated carbocycles. The fraction of sp³-hybridized carbons (Fsp3) is 0.714. The van der Waals surface area contributed by atoms with Gasteiger partial charge in [0, 0.05) is 5.41 Å². The molecule has 0 spiro atoms. The maximum Gasteiger partial charge on any atom is 0.155 e. The van der Waals surface area contributed by atoms with Crippen LogP contribution < -0.4 is 0 Å². The quantitative estimate of drug-likeness (QED) is 0.559. The lowest BCUT2D eigenvalue weighted by molar-refractivity contribution is -0.123. The molecule has 9 heavy (non-hydrogen) atoms. The fourth-order valence-corrected chi connectivity index (χ4v) is 0.878. The topological polar surface area (TPSA) is 17.1 Å². The van der Waals surface area contributed by atoms with Crippen molar-refractivity contribution in [2.24, 2.45) is 5.41 Å². The average Bonchev–Trinajstić information content (AvgIpc) is 1.62. The Balaban J connectivity index is 4.06. The molecule has 0 saturated heterocycles. The summed E-state index contributed by atoms with van der Waals surface area (Å²) in [6, 6.07) is 0. The lowest BCUT2D eigenvalue weighted by Crippen LogP contribution is -2.22. The van der Waals surface area contributed by atoms with Crippen LogP contribution in [0.1, 0.15) is 27.7 Å². The molecule has 0 atom stereocenters. The van der Waals surface area contributed by atoms with Crippen LogP contribution in [0.25, 0.3) is 0 Å². The minimum absolute atomic E-state index is 0.117. The largest absolute Gasteiger partial charge is 0.297 e. The molecule has 0 aliphatic heterocycles. The van der Waals surface area contributed by atoms with Crippen molar-refractivity contribution in [1.82, 2.24) is 0 Å². The molecule has 0 rings (SSSR count). The summed E-state index contributed by atoms with van der Waals surface area (Å²) in [6.45, 7) is 7.37. The molecule has 2 heteroatoms. The van der Waals surface area contributed by atoms with Gasteiger partial charge in [-0.05, 0) is 6.92 Å². The van der Waals surface area contributed by atoms with E-state index in [2.05, 4.69) is 12.6 Å². The van der Waals surface area contributed by atoms with Gasteiger partial charge in [-0.2, -0.15) is 12.6 Å². The number of carbonyl (C=O) groups excluding carboxylic acids is 1. The molecule has 0 heterocycles. The van der Waals surface area contributed by atoms with Gasteiger partial charge in [0.25, 0.3) is 0 Å². The summed E-state index contributed by atoms with van der Waals surface area (Å²) in [4.78, 5) is 11.1. The smallest absolute Gasteiger partial charge is 0.155 e. The third kappa shape index (κ3) is 2.89. The normalized spacial score (nSPS) is 12.2. The van der Waals surface area contributed by atoms with E-state index in [4.69, 9.17) is 0 Å². The van der Waals surface area contributed by atoms with E-state index in [1.165, 1.54) is 0 Å². The Bertz CT molecular complexity index is 111. The van der Waals surface area contributed by atoms with Crippen LogP contribution in [0, 0.1) is 10.7 Å². The summed E-state index contributed by atoms with van der Waals surface area (Å²) in [6.07, 6.45) is 0. The van der Waals surface area contributed by atoms with Crippen molar-refractivity contribution in [1.29, 1.82) is 0 Å². The third-order valence-corrected chi connectivity index (χ3v) is 1.21. The molecule has 53 valence electrons. The van der Waals surface area contributed by atoms with E-state index in [9.17, 15) is 4.79 Å². The van der Waals surface area contributed by atoms with Crippen LogP contribution in [0.15, 0.2) is 0 Å². The second kappa shape index (κ2) is 2.74. The summed E-state index contributed by atoms with van der Waals surface area (Å²) in [5.74, 6) is 0.117. The van der Waals surface area contributed by atoms with Gasteiger partial charge in [-0.3, -0.25) is 4.79 Å². The minimum atomic E-state index is -0.272. The lowest BCUT2D eigenvalue weighted by Gasteiger charge is -2.17. The first-order valence-electron chi connectivity index (χ1n) is 2.93. The van der Waals surface area contributed by atoms with Gasteiger partial charge in [-0.1, -0.05) is 20.8 Å². The standard InChI is InChI=1S/C7H13OS/c1-5(9)6(8)7(2,3)4/h9H,1-4H3. The Hall–Kier alpha value is 0.0200. The second-order valence-corrected chi connectivity index (χ2v) is 3.84. The van der Waals surface area contributed by atoms with E-state index in [1.807, 2.05) is 20.8 Å². The van der Waals surface area contributed by atoms with Gasteiger partial charge < -0.3 is 0 Å². The summed E-state index contributed by atoms with van der Waals surface area (Å²) < 4.78 is 0. The number of hydrogen-bond donors (Lipinski definition) is 1. The second-order valence-electron chi connectivity index (χ2n) is 3.16. The van der Waals surface area contributed by atoms with Crippen molar-refractivity contribution < 1.29 is 4.79 Å². The molecule has 1 nitrogen and oxygen atoms in total. The fourth-order valence-electron chi connectivity index (χ4n) is 0.543. The molecule has 0 aromatic heterocycles. The van der Waals surface area contributed by atoms with Gasteiger partial charge in [0.2, 0.25) is 0 Å². The van der Waals surface area contributed by atoms with Gasteiger partial charge in [0.05, 0.1) is 5.25 Å². The maximum absolute atomic E-state index is 11.1. The first-order valence-corrected chi connectivity index (χ1v) is 3.37. The molecule has 0 aromatic rings. The van der Waals surface area contributed by atoms with Crippen LogP contribution in [0.2, 0.25) is 0 Å². The third-order valence-electron chi connectivity index (χ3n) is 1.01. The highest BCUT2D eigenvalue weighted by molar-refractivity contribution is 7.84. The van der Waals surface area contributed by atoms with Crippen molar-refractivity contribution in [3.8, 4) is 0 Å². The Kier molecular flexibility index (Phi) is 2.74. The molecule has 0 aromatic carbocycles. The maximum atomic E-state index is 11.1. The van der Waals surface area contributed by atoms with E-state index in [0.29, 0.717) is 5.25 Å². The molecule has 0 N–H and O–H groups in total. The highest BCUT2D eigenvalue weighted by atomic mass is 32.1. The van der Waals surface area contributed by atoms with Crippen molar-refractivity contribution in [3.05, 3.63) is 5.25 Å². The number of Topliss-reactive ketones (excluding diaryl/α,β-unsaturated/α-hetero) is 1. The highest BCUT2D eigenvalue weighted by Crippen LogP contribution is 2.22. The Morgan fingerprint density at radius 3 is 1.67 bits per heavy atom. The van der Waals surface area contributed by atoms with Crippen LogP contribution in [-0.4, -0.2) is 5.78 Å². The summed E-state index contributed by atoms with van der Waals surface area (Å²) >= 11 is 3.95. The zero-order valence-corrected chi connectivity index (χ0v) is 7.25. The summed E-state index contributed by atoms with van der Waals surface area (Å²) in [7, 11) is 0. The molecule has 0 fully saturated rings. The molecule has 0 aliphatic carbocycles. The predicted molar refractivity (Wildman–Crippen MR) is 42.4 cm³/mol. The van der Waals surface area contributed by atoms with Crippen LogP contribution in [0.3, 0.4) is 0 Å². The van der Waals surface area contributed by atoms with Crippen LogP contribution in [-0.2, 0) is 4.79 Å². The molecule has 0 amide bonds. The molecule has 0 unspecified atom stereocenters. The molecular weight excluding hydrogens is 132 g/mol. The Labute approximate surface area is 62.2 Å². The van der Waals surface area contributed by atoms with Crippen molar-refractivity contribution in [2.75, 3.05) is 0 Å². The van der Waals surface area contributed by atoms with E-state index in [-0.39, 0.29) is 11.2 Å². The number of carbonyl (C=O) groups is 1. The van der Waals surface area contributed by atoms with E-state index in [0.717, 1.165) is 0 Å². The van der Waals surface area contributed by atoms with Gasteiger partial charge in [0.15, 0.2) is 5.78 Å². The summed E-state index contributed by atoms with van der Waals surface area (Å²) in [5, 5.41) is 0.586. The van der Waals surface area contributed by atoms with Crippen molar-refractivity contribution in [3.63, 3.8) is 0 Å². The SMILES string of the molecule is C[C](S)C(=O)C(C)(C)C. The molecule has 0 bridgehead atoms. The van der Waals surface area contributed by atoms with E-state index < -0.39 is 0 Å². The highest BCUT2D eigenvalue weighted by Gasteiger charge is 2.24. The average molecular weight is 145 g/mol. The molecule has 0 aliphatic rings. The van der Waals surface area contributed by atoms with Crippen LogP contribution in [0.4, 0.5) is 0 Å². The summed E-state index contributed by atoms with van der Waals surface area (Å²) in [5.41, 5.74) is -0.272. The molecular formula is C7H13OS. The number of ketones is 1. The number of thiol groups is 1. The Morgan fingerprint density at radius 2 is 1.67 bits per heavy atom. The number of hydrogen-bond acceptors (Lipinski definition) is 2. The first-order chi connectivity index (χ1) is 3.85. The number of rotatable bonds is 1. The van der Waals surface area contributed by atoms with Gasteiger partial charge >= 0.3 is 0 Å².